The molecule has 0 saturated carbocycles. The molecule has 0 bridgehead atoms. The van der Waals surface area contributed by atoms with Crippen molar-refractivity contribution in [3.63, 3.8) is 0 Å². The Morgan fingerprint density at radius 1 is 1.36 bits per heavy atom. The number of nitrogen functional groups attached to an aromatic ring is 1. The predicted molar refractivity (Wildman–Crippen MR) is 46.9 cm³/mol. The number of alkyl halides is 3. The van der Waals surface area contributed by atoms with E-state index < -0.39 is 17.8 Å². The van der Waals surface area contributed by atoms with Gasteiger partial charge in [-0.05, 0) is 18.2 Å². The minimum Gasteiger partial charge on any atom is -0.399 e. The molecule has 0 aliphatic rings. The third-order valence-corrected chi connectivity index (χ3v) is 1.97. The summed E-state index contributed by atoms with van der Waals surface area (Å²) in [5.74, 6) is 0. The first-order chi connectivity index (χ1) is 6.32. The van der Waals surface area contributed by atoms with E-state index in [4.69, 9.17) is 22.4 Å². The highest BCUT2D eigenvalue weighted by molar-refractivity contribution is 6.31. The van der Waals surface area contributed by atoms with Gasteiger partial charge in [-0.3, -0.25) is 0 Å². The summed E-state index contributed by atoms with van der Waals surface area (Å²) in [5, 5.41) is 8.73. The lowest BCUT2D eigenvalue weighted by Gasteiger charge is -2.16. The Balaban J connectivity index is 3.12. The molecule has 78 valence electrons. The molecule has 2 nitrogen and oxygen atoms in total. The molecule has 0 fully saturated rings. The van der Waals surface area contributed by atoms with Gasteiger partial charge in [-0.2, -0.15) is 13.2 Å². The molecule has 0 aromatic heterocycles. The minimum atomic E-state index is -4.74. The first-order valence-electron chi connectivity index (χ1n) is 3.62. The van der Waals surface area contributed by atoms with E-state index in [-0.39, 0.29) is 10.7 Å². The summed E-state index contributed by atoms with van der Waals surface area (Å²) in [7, 11) is 0. The Morgan fingerprint density at radius 2 is 1.93 bits per heavy atom. The van der Waals surface area contributed by atoms with Crippen molar-refractivity contribution in [2.45, 2.75) is 12.3 Å². The fourth-order valence-corrected chi connectivity index (χ4v) is 1.17. The zero-order valence-electron chi connectivity index (χ0n) is 6.85. The summed E-state index contributed by atoms with van der Waals surface area (Å²) in [5.41, 5.74) is 4.96. The van der Waals surface area contributed by atoms with Gasteiger partial charge in [0.25, 0.3) is 0 Å². The molecule has 6 heteroatoms. The number of anilines is 1. The SMILES string of the molecule is Nc1ccc(Cl)c(C(O)C(F)(F)F)c1. The van der Waals surface area contributed by atoms with Crippen LogP contribution in [0.2, 0.25) is 5.02 Å². The van der Waals surface area contributed by atoms with E-state index >= 15 is 0 Å². The Labute approximate surface area is 83.1 Å². The summed E-state index contributed by atoms with van der Waals surface area (Å²) >= 11 is 5.48. The first kappa shape index (κ1) is 11.1. The van der Waals surface area contributed by atoms with Crippen LogP contribution in [0.4, 0.5) is 18.9 Å². The quantitative estimate of drug-likeness (QED) is 0.722. The highest BCUT2D eigenvalue weighted by atomic mass is 35.5. The molecule has 0 aliphatic carbocycles. The Morgan fingerprint density at radius 3 is 2.43 bits per heavy atom. The van der Waals surface area contributed by atoms with Crippen LogP contribution in [0.15, 0.2) is 18.2 Å². The molecular formula is C8H7ClF3NO. The van der Waals surface area contributed by atoms with E-state index in [2.05, 4.69) is 0 Å². The van der Waals surface area contributed by atoms with Gasteiger partial charge in [-0.1, -0.05) is 11.6 Å². The third-order valence-electron chi connectivity index (χ3n) is 1.62. The first-order valence-corrected chi connectivity index (χ1v) is 4.00. The fourth-order valence-electron chi connectivity index (χ4n) is 0.948. The molecule has 1 rings (SSSR count). The second kappa shape index (κ2) is 3.67. The molecule has 0 aliphatic heterocycles. The topological polar surface area (TPSA) is 46.2 Å². The van der Waals surface area contributed by atoms with Gasteiger partial charge in [0, 0.05) is 16.3 Å². The van der Waals surface area contributed by atoms with Crippen LogP contribution < -0.4 is 5.73 Å². The van der Waals surface area contributed by atoms with Gasteiger partial charge in [0.1, 0.15) is 0 Å². The molecule has 3 N–H and O–H groups in total. The number of halogens is 4. The van der Waals surface area contributed by atoms with Gasteiger partial charge in [0.2, 0.25) is 0 Å². The van der Waals surface area contributed by atoms with Gasteiger partial charge in [0.05, 0.1) is 0 Å². The molecule has 0 radical (unpaired) electrons. The second-order valence-corrected chi connectivity index (χ2v) is 3.13. The summed E-state index contributed by atoms with van der Waals surface area (Å²) < 4.78 is 36.3. The van der Waals surface area contributed by atoms with Gasteiger partial charge < -0.3 is 10.8 Å². The van der Waals surface area contributed by atoms with E-state index in [9.17, 15) is 13.2 Å². The van der Waals surface area contributed by atoms with Crippen LogP contribution in [-0.4, -0.2) is 11.3 Å². The third kappa shape index (κ3) is 2.30. The summed E-state index contributed by atoms with van der Waals surface area (Å²) in [6.45, 7) is 0. The smallest absolute Gasteiger partial charge is 0.399 e. The lowest BCUT2D eigenvalue weighted by molar-refractivity contribution is -0.206. The van der Waals surface area contributed by atoms with Crippen molar-refractivity contribution in [2.75, 3.05) is 5.73 Å². The van der Waals surface area contributed by atoms with Crippen molar-refractivity contribution in [3.8, 4) is 0 Å². The minimum absolute atomic E-state index is 0.118. The van der Waals surface area contributed by atoms with Crippen LogP contribution in [0.3, 0.4) is 0 Å². The zero-order chi connectivity index (χ0) is 10.9. The van der Waals surface area contributed by atoms with E-state index in [1.165, 1.54) is 12.1 Å². The highest BCUT2D eigenvalue weighted by Gasteiger charge is 2.40. The molecule has 1 atom stereocenters. The summed E-state index contributed by atoms with van der Waals surface area (Å²) in [6, 6.07) is 3.57. The standard InChI is InChI=1S/C8H7ClF3NO/c9-6-2-1-4(13)3-5(6)7(14)8(10,11)12/h1-3,7,14H,13H2. The molecule has 1 unspecified atom stereocenters. The lowest BCUT2D eigenvalue weighted by Crippen LogP contribution is -2.20. The van der Waals surface area contributed by atoms with Gasteiger partial charge in [-0.25, -0.2) is 0 Å². The highest BCUT2D eigenvalue weighted by Crippen LogP contribution is 2.36. The average molecular weight is 226 g/mol. The van der Waals surface area contributed by atoms with E-state index in [0.717, 1.165) is 6.07 Å². The van der Waals surface area contributed by atoms with E-state index in [0.29, 0.717) is 0 Å². The molecular weight excluding hydrogens is 219 g/mol. The molecule has 0 saturated heterocycles. The van der Waals surface area contributed by atoms with Gasteiger partial charge in [-0.15, -0.1) is 0 Å². The summed E-state index contributed by atoms with van der Waals surface area (Å²) in [4.78, 5) is 0. The van der Waals surface area contributed by atoms with Crippen LogP contribution in [0.25, 0.3) is 0 Å². The van der Waals surface area contributed by atoms with Crippen molar-refractivity contribution < 1.29 is 18.3 Å². The lowest BCUT2D eigenvalue weighted by atomic mass is 10.1. The number of aliphatic hydroxyl groups is 1. The predicted octanol–water partition coefficient (Wildman–Crippen LogP) is 2.52. The van der Waals surface area contributed by atoms with Crippen molar-refractivity contribution >= 4 is 17.3 Å². The molecule has 1 aromatic rings. The van der Waals surface area contributed by atoms with Gasteiger partial charge >= 0.3 is 6.18 Å². The molecule has 0 heterocycles. The Bertz CT molecular complexity index is 340. The number of hydrogen-bond acceptors (Lipinski definition) is 2. The van der Waals surface area contributed by atoms with Crippen LogP contribution in [-0.2, 0) is 0 Å². The van der Waals surface area contributed by atoms with Crippen LogP contribution in [0.1, 0.15) is 11.7 Å². The van der Waals surface area contributed by atoms with E-state index in [1.807, 2.05) is 0 Å². The zero-order valence-corrected chi connectivity index (χ0v) is 7.60. The molecule has 0 spiro atoms. The average Bonchev–Trinajstić information content (AvgIpc) is 2.06. The molecule has 0 amide bonds. The number of nitrogens with two attached hydrogens (primary N) is 1. The van der Waals surface area contributed by atoms with Crippen molar-refractivity contribution in [3.05, 3.63) is 28.8 Å². The fraction of sp³-hybridized carbons (Fsp3) is 0.250. The Hall–Kier alpha value is -0.940. The maximum atomic E-state index is 12.1. The van der Waals surface area contributed by atoms with Gasteiger partial charge in [0.15, 0.2) is 6.10 Å². The molecule has 1 aromatic carbocycles. The van der Waals surface area contributed by atoms with Crippen LogP contribution >= 0.6 is 11.6 Å². The van der Waals surface area contributed by atoms with Crippen LogP contribution in [0, 0.1) is 0 Å². The number of rotatable bonds is 1. The number of aliphatic hydroxyl groups excluding tert-OH is 1. The maximum Gasteiger partial charge on any atom is 0.418 e. The summed E-state index contributed by atoms with van der Waals surface area (Å²) in [6.07, 6.45) is -7.34. The van der Waals surface area contributed by atoms with Crippen LogP contribution in [0.5, 0.6) is 0 Å². The number of benzene rings is 1. The van der Waals surface area contributed by atoms with Crippen molar-refractivity contribution in [1.29, 1.82) is 0 Å². The Kier molecular flexibility index (Phi) is 2.92. The second-order valence-electron chi connectivity index (χ2n) is 2.73. The monoisotopic (exact) mass is 225 g/mol. The van der Waals surface area contributed by atoms with Crippen molar-refractivity contribution in [1.82, 2.24) is 0 Å². The molecule has 14 heavy (non-hydrogen) atoms. The maximum absolute atomic E-state index is 12.1. The number of hydrogen-bond donors (Lipinski definition) is 2. The van der Waals surface area contributed by atoms with E-state index in [1.54, 1.807) is 0 Å². The largest absolute Gasteiger partial charge is 0.418 e. The van der Waals surface area contributed by atoms with Crippen molar-refractivity contribution in [2.24, 2.45) is 0 Å². The normalized spacial score (nSPS) is 14.1.